The topological polar surface area (TPSA) is 41.5 Å². The molecule has 2 heterocycles. The molecular weight excluding hydrogens is 240 g/mol. The zero-order chi connectivity index (χ0) is 13.8. The third-order valence-electron chi connectivity index (χ3n) is 3.80. The summed E-state index contributed by atoms with van der Waals surface area (Å²) in [5.74, 6) is 1.51. The standard InChI is InChI=1S/C14H24N4O/c1-5-12-10-17(6-7-18(12)11(2)3)14-15-8-13(19-4)9-16-14/h8-9,11-12H,5-7,10H2,1-4H3. The third kappa shape index (κ3) is 3.15. The van der Waals surface area contributed by atoms with Gasteiger partial charge in [0.05, 0.1) is 19.5 Å². The van der Waals surface area contributed by atoms with Crippen molar-refractivity contribution >= 4 is 5.95 Å². The molecule has 2 rings (SSSR count). The van der Waals surface area contributed by atoms with Gasteiger partial charge in [0.2, 0.25) is 5.95 Å². The van der Waals surface area contributed by atoms with Crippen LogP contribution in [0.1, 0.15) is 27.2 Å². The molecule has 1 atom stereocenters. The molecule has 0 radical (unpaired) electrons. The predicted octanol–water partition coefficient (Wildman–Crippen LogP) is 1.79. The van der Waals surface area contributed by atoms with E-state index in [2.05, 4.69) is 40.5 Å². The number of hydrogen-bond donors (Lipinski definition) is 0. The van der Waals surface area contributed by atoms with Gasteiger partial charge in [-0.15, -0.1) is 0 Å². The largest absolute Gasteiger partial charge is 0.494 e. The molecule has 106 valence electrons. The molecule has 0 aromatic carbocycles. The monoisotopic (exact) mass is 264 g/mol. The first-order valence-electron chi connectivity index (χ1n) is 7.02. The van der Waals surface area contributed by atoms with Crippen LogP contribution in [-0.2, 0) is 0 Å². The Hall–Kier alpha value is -1.36. The number of hydrogen-bond acceptors (Lipinski definition) is 5. The van der Waals surface area contributed by atoms with E-state index in [1.807, 2.05) is 0 Å². The number of piperazine rings is 1. The number of rotatable bonds is 4. The molecule has 0 aliphatic carbocycles. The lowest BCUT2D eigenvalue weighted by atomic mass is 10.1. The Morgan fingerprint density at radius 1 is 1.32 bits per heavy atom. The molecular formula is C14H24N4O. The Balaban J connectivity index is 2.06. The van der Waals surface area contributed by atoms with Crippen LogP contribution in [0.3, 0.4) is 0 Å². The van der Waals surface area contributed by atoms with Gasteiger partial charge in [0.25, 0.3) is 0 Å². The molecule has 5 nitrogen and oxygen atoms in total. The highest BCUT2D eigenvalue weighted by molar-refractivity contribution is 5.32. The van der Waals surface area contributed by atoms with Gasteiger partial charge in [0.1, 0.15) is 0 Å². The van der Waals surface area contributed by atoms with Crippen LogP contribution in [0, 0.1) is 0 Å². The average Bonchev–Trinajstić information content (AvgIpc) is 2.46. The quantitative estimate of drug-likeness (QED) is 0.829. The molecule has 1 aliphatic heterocycles. The van der Waals surface area contributed by atoms with Crippen molar-refractivity contribution in [3.05, 3.63) is 12.4 Å². The summed E-state index contributed by atoms with van der Waals surface area (Å²) in [6.07, 6.45) is 4.63. The Labute approximate surface area is 115 Å². The molecule has 1 fully saturated rings. The van der Waals surface area contributed by atoms with Crippen molar-refractivity contribution < 1.29 is 4.74 Å². The molecule has 5 heteroatoms. The molecule has 0 bridgehead atoms. The van der Waals surface area contributed by atoms with E-state index in [1.165, 1.54) is 0 Å². The van der Waals surface area contributed by atoms with Crippen LogP contribution in [0.15, 0.2) is 12.4 Å². The Morgan fingerprint density at radius 2 is 2.00 bits per heavy atom. The number of aromatic nitrogens is 2. The van der Waals surface area contributed by atoms with Crippen molar-refractivity contribution in [3.8, 4) is 5.75 Å². The van der Waals surface area contributed by atoms with Crippen molar-refractivity contribution in [2.75, 3.05) is 31.6 Å². The maximum atomic E-state index is 5.10. The summed E-state index contributed by atoms with van der Waals surface area (Å²) in [5, 5.41) is 0. The van der Waals surface area contributed by atoms with Crippen LogP contribution in [0.2, 0.25) is 0 Å². The normalized spacial score (nSPS) is 20.9. The molecule has 19 heavy (non-hydrogen) atoms. The summed E-state index contributed by atoms with van der Waals surface area (Å²) < 4.78 is 5.10. The van der Waals surface area contributed by atoms with Gasteiger partial charge < -0.3 is 9.64 Å². The first-order valence-corrected chi connectivity index (χ1v) is 7.02. The fourth-order valence-corrected chi connectivity index (χ4v) is 2.67. The van der Waals surface area contributed by atoms with Crippen LogP contribution < -0.4 is 9.64 Å². The van der Waals surface area contributed by atoms with E-state index >= 15 is 0 Å². The minimum atomic E-state index is 0.583. The smallest absolute Gasteiger partial charge is 0.225 e. The summed E-state index contributed by atoms with van der Waals surface area (Å²) in [6.45, 7) is 9.84. The second-order valence-corrected chi connectivity index (χ2v) is 5.26. The second kappa shape index (κ2) is 6.19. The molecule has 1 aromatic heterocycles. The van der Waals surface area contributed by atoms with E-state index in [9.17, 15) is 0 Å². The van der Waals surface area contributed by atoms with Gasteiger partial charge in [0.15, 0.2) is 5.75 Å². The number of anilines is 1. The summed E-state index contributed by atoms with van der Waals surface area (Å²) in [4.78, 5) is 13.6. The average molecular weight is 264 g/mol. The predicted molar refractivity (Wildman–Crippen MR) is 76.7 cm³/mol. The molecule has 0 saturated carbocycles. The molecule has 1 saturated heterocycles. The summed E-state index contributed by atoms with van der Waals surface area (Å²) in [7, 11) is 1.63. The van der Waals surface area contributed by atoms with Crippen molar-refractivity contribution in [1.82, 2.24) is 14.9 Å². The lowest BCUT2D eigenvalue weighted by molar-refractivity contribution is 0.132. The van der Waals surface area contributed by atoms with Crippen molar-refractivity contribution in [2.45, 2.75) is 39.3 Å². The van der Waals surface area contributed by atoms with E-state index in [0.29, 0.717) is 17.8 Å². The second-order valence-electron chi connectivity index (χ2n) is 5.26. The van der Waals surface area contributed by atoms with E-state index in [-0.39, 0.29) is 0 Å². The highest BCUT2D eigenvalue weighted by Gasteiger charge is 2.28. The van der Waals surface area contributed by atoms with Gasteiger partial charge in [0, 0.05) is 31.7 Å². The van der Waals surface area contributed by atoms with E-state index in [0.717, 1.165) is 32.0 Å². The lowest BCUT2D eigenvalue weighted by Crippen LogP contribution is -2.55. The first kappa shape index (κ1) is 14.1. The lowest BCUT2D eigenvalue weighted by Gasteiger charge is -2.43. The third-order valence-corrected chi connectivity index (χ3v) is 3.80. The van der Waals surface area contributed by atoms with E-state index in [4.69, 9.17) is 4.74 Å². The zero-order valence-corrected chi connectivity index (χ0v) is 12.3. The van der Waals surface area contributed by atoms with Gasteiger partial charge in [-0.3, -0.25) is 4.90 Å². The molecule has 0 amide bonds. The van der Waals surface area contributed by atoms with Crippen LogP contribution in [0.25, 0.3) is 0 Å². The van der Waals surface area contributed by atoms with Crippen LogP contribution in [0.4, 0.5) is 5.95 Å². The molecule has 1 aromatic rings. The van der Waals surface area contributed by atoms with Crippen molar-refractivity contribution in [3.63, 3.8) is 0 Å². The Kier molecular flexibility index (Phi) is 4.58. The summed E-state index contributed by atoms with van der Waals surface area (Å²) in [5.41, 5.74) is 0. The van der Waals surface area contributed by atoms with Crippen molar-refractivity contribution in [1.29, 1.82) is 0 Å². The molecule has 1 aliphatic rings. The van der Waals surface area contributed by atoms with E-state index in [1.54, 1.807) is 19.5 Å². The molecule has 0 spiro atoms. The minimum Gasteiger partial charge on any atom is -0.494 e. The van der Waals surface area contributed by atoms with Gasteiger partial charge in [-0.2, -0.15) is 0 Å². The maximum absolute atomic E-state index is 5.10. The number of ether oxygens (including phenoxy) is 1. The van der Waals surface area contributed by atoms with E-state index < -0.39 is 0 Å². The highest BCUT2D eigenvalue weighted by Crippen LogP contribution is 2.20. The zero-order valence-electron chi connectivity index (χ0n) is 12.3. The van der Waals surface area contributed by atoms with Gasteiger partial charge in [-0.05, 0) is 20.3 Å². The maximum Gasteiger partial charge on any atom is 0.225 e. The van der Waals surface area contributed by atoms with Crippen LogP contribution in [0.5, 0.6) is 5.75 Å². The van der Waals surface area contributed by atoms with Crippen molar-refractivity contribution in [2.24, 2.45) is 0 Å². The molecule has 1 unspecified atom stereocenters. The fourth-order valence-electron chi connectivity index (χ4n) is 2.67. The minimum absolute atomic E-state index is 0.583. The van der Waals surface area contributed by atoms with Gasteiger partial charge in [-0.25, -0.2) is 9.97 Å². The van der Waals surface area contributed by atoms with Gasteiger partial charge >= 0.3 is 0 Å². The van der Waals surface area contributed by atoms with Crippen LogP contribution >= 0.6 is 0 Å². The number of nitrogens with zero attached hydrogens (tertiary/aromatic N) is 4. The highest BCUT2D eigenvalue weighted by atomic mass is 16.5. The summed E-state index contributed by atoms with van der Waals surface area (Å²) >= 11 is 0. The van der Waals surface area contributed by atoms with Gasteiger partial charge in [-0.1, -0.05) is 6.92 Å². The van der Waals surface area contributed by atoms with Crippen LogP contribution in [-0.4, -0.2) is 53.7 Å². The number of methoxy groups -OCH3 is 1. The SMILES string of the molecule is CCC1CN(c2ncc(OC)cn2)CCN1C(C)C. The fraction of sp³-hybridized carbons (Fsp3) is 0.714. The Bertz CT molecular complexity index is 393. The Morgan fingerprint density at radius 3 is 2.53 bits per heavy atom. The first-order chi connectivity index (χ1) is 9.15. The summed E-state index contributed by atoms with van der Waals surface area (Å²) in [6, 6.07) is 1.18. The molecule has 0 N–H and O–H groups in total.